The van der Waals surface area contributed by atoms with Crippen LogP contribution in [0.3, 0.4) is 0 Å². The number of nitrogens with one attached hydrogen (secondary N) is 1. The van der Waals surface area contributed by atoms with Crippen LogP contribution < -0.4 is 7.80 Å². The number of imidazole rings is 1. The maximum absolute atomic E-state index is 12.2. The molecular formula is C17H18BIN3O6. The first-order valence-electron chi connectivity index (χ1n) is 8.58. The number of carboxylic acid groups (broad SMARTS) is 1. The highest BCUT2D eigenvalue weighted by atomic mass is 127. The highest BCUT2D eigenvalue weighted by Gasteiger charge is 2.34. The number of hydrogen-bond acceptors (Lipinski definition) is 6. The molecule has 3 rings (SSSR count). The van der Waals surface area contributed by atoms with E-state index in [9.17, 15) is 14.7 Å². The fraction of sp³-hybridized carbons (Fsp3) is 0.353. The van der Waals surface area contributed by atoms with Gasteiger partial charge in [0, 0.05) is 11.9 Å². The van der Waals surface area contributed by atoms with Crippen LogP contribution >= 0.6 is 23.0 Å². The number of carbonyl (C=O) groups is 2. The van der Waals surface area contributed by atoms with Crippen molar-refractivity contribution < 1.29 is 27.5 Å². The minimum Gasteiger partial charge on any atom is -0.486 e. The maximum Gasteiger partial charge on any atom is 0.343 e. The maximum atomic E-state index is 12.2. The van der Waals surface area contributed by atoms with Crippen LogP contribution in [-0.4, -0.2) is 63.6 Å². The molecule has 1 aromatic heterocycles. The average molecular weight is 498 g/mol. The predicted octanol–water partition coefficient (Wildman–Crippen LogP) is 1.24. The second-order valence-corrected chi connectivity index (χ2v) is 6.76. The Hall–Kier alpha value is -2.28. The molecule has 0 atom stereocenters. The first-order chi connectivity index (χ1) is 13.5. The molecule has 2 heterocycles. The summed E-state index contributed by atoms with van der Waals surface area (Å²) < 4.78 is 11.1. The van der Waals surface area contributed by atoms with Crippen LogP contribution in [0.15, 0.2) is 24.7 Å². The molecule has 3 N–H and O–H groups in total. The number of rotatable bonds is 9. The molecule has 0 saturated carbocycles. The number of likely N-dealkylation sites (tertiary alicyclic amines) is 1. The largest absolute Gasteiger partial charge is 0.486 e. The van der Waals surface area contributed by atoms with E-state index in [1.807, 2.05) is 0 Å². The molecule has 1 fully saturated rings. The fourth-order valence-electron chi connectivity index (χ4n) is 2.97. The van der Waals surface area contributed by atoms with Crippen molar-refractivity contribution in [1.29, 1.82) is 0 Å². The number of hydrogen-bond donors (Lipinski definition) is 3. The Bertz CT molecular complexity index is 842. The number of aryl methyl sites for hydroxylation is 1. The van der Waals surface area contributed by atoms with E-state index in [1.165, 1.54) is 6.33 Å². The number of aromatic nitrogens is 2. The standard InChI is InChI=1S/C17H18BIN3O6/c19-28-16-10(3-4-18-26)1-2-13(15(16)17(24)25)27-12-7-22(8-12)14(23)5-11-6-20-9-21-11/h1-2,6,9,12,26H,3-5,7-8H2,(H,20,21)(H,24,25). The van der Waals surface area contributed by atoms with Gasteiger partial charge >= 0.3 is 5.97 Å². The lowest BCUT2D eigenvalue weighted by Gasteiger charge is -2.39. The number of carboxylic acids is 1. The van der Waals surface area contributed by atoms with Crippen molar-refractivity contribution in [3.8, 4) is 11.5 Å². The summed E-state index contributed by atoms with van der Waals surface area (Å²) in [6.07, 6.45) is 3.88. The van der Waals surface area contributed by atoms with Crippen molar-refractivity contribution in [3.63, 3.8) is 0 Å². The third-order valence-electron chi connectivity index (χ3n) is 4.43. The zero-order valence-corrected chi connectivity index (χ0v) is 17.0. The van der Waals surface area contributed by atoms with Crippen molar-refractivity contribution in [2.75, 3.05) is 13.1 Å². The number of nitrogens with zero attached hydrogens (tertiary/aromatic N) is 2. The van der Waals surface area contributed by atoms with Gasteiger partial charge in [0.25, 0.3) is 7.48 Å². The second-order valence-electron chi connectivity index (χ2n) is 6.32. The minimum atomic E-state index is -1.16. The Morgan fingerprint density at radius 2 is 2.18 bits per heavy atom. The lowest BCUT2D eigenvalue weighted by atomic mass is 9.90. The lowest BCUT2D eigenvalue weighted by molar-refractivity contribution is -0.139. The van der Waals surface area contributed by atoms with Gasteiger partial charge in [0.2, 0.25) is 5.91 Å². The molecule has 9 nitrogen and oxygen atoms in total. The van der Waals surface area contributed by atoms with E-state index in [2.05, 4.69) is 9.97 Å². The molecule has 2 aromatic rings. The molecule has 147 valence electrons. The van der Waals surface area contributed by atoms with E-state index in [4.69, 9.17) is 12.8 Å². The van der Waals surface area contributed by atoms with Gasteiger partial charge in [0.05, 0.1) is 25.8 Å². The predicted molar refractivity (Wildman–Crippen MR) is 108 cm³/mol. The summed E-state index contributed by atoms with van der Waals surface area (Å²) in [6, 6.07) is 3.31. The number of aromatic amines is 1. The van der Waals surface area contributed by atoms with E-state index in [-0.39, 0.29) is 35.5 Å². The van der Waals surface area contributed by atoms with E-state index in [0.717, 1.165) is 13.2 Å². The quantitative estimate of drug-likeness (QED) is 0.351. The fourth-order valence-corrected chi connectivity index (χ4v) is 3.47. The SMILES string of the molecule is O=C(O)c1c(OC2CN(C(=O)Cc3cnc[nH]3)C2)ccc(CC[B]O)c1OI. The third kappa shape index (κ3) is 4.58. The summed E-state index contributed by atoms with van der Waals surface area (Å²) in [4.78, 5) is 32.4. The minimum absolute atomic E-state index is 0.0468. The Kier molecular flexibility index (Phi) is 6.78. The lowest BCUT2D eigenvalue weighted by Crippen LogP contribution is -2.56. The van der Waals surface area contributed by atoms with Gasteiger partial charge < -0.3 is 27.8 Å². The van der Waals surface area contributed by atoms with Crippen molar-refractivity contribution in [3.05, 3.63) is 41.5 Å². The number of H-pyrrole nitrogens is 1. The first-order valence-corrected chi connectivity index (χ1v) is 9.47. The number of ether oxygens (including phenoxy) is 1. The van der Waals surface area contributed by atoms with Crippen LogP contribution in [0.4, 0.5) is 0 Å². The zero-order valence-electron chi connectivity index (χ0n) is 14.8. The molecule has 1 aromatic carbocycles. The molecule has 11 heteroatoms. The molecule has 28 heavy (non-hydrogen) atoms. The molecule has 1 radical (unpaired) electrons. The molecule has 0 unspecified atom stereocenters. The number of halogens is 1. The third-order valence-corrected chi connectivity index (χ3v) is 4.87. The van der Waals surface area contributed by atoms with Crippen molar-refractivity contribution >= 4 is 42.4 Å². The highest BCUT2D eigenvalue weighted by Crippen LogP contribution is 2.35. The van der Waals surface area contributed by atoms with Crippen LogP contribution in [0, 0.1) is 0 Å². The van der Waals surface area contributed by atoms with Crippen LogP contribution in [0.1, 0.15) is 21.6 Å². The number of carbonyl (C=O) groups excluding carboxylic acids is 1. The van der Waals surface area contributed by atoms with Gasteiger partial charge in [-0.2, -0.15) is 0 Å². The van der Waals surface area contributed by atoms with Gasteiger partial charge in [0.15, 0.2) is 28.8 Å². The Morgan fingerprint density at radius 3 is 2.79 bits per heavy atom. The van der Waals surface area contributed by atoms with Crippen molar-refractivity contribution in [1.82, 2.24) is 14.9 Å². The van der Waals surface area contributed by atoms with E-state index in [1.54, 1.807) is 46.2 Å². The molecule has 1 aliphatic heterocycles. The summed E-state index contributed by atoms with van der Waals surface area (Å²) >= 11 is 1.63. The second kappa shape index (κ2) is 9.28. The van der Waals surface area contributed by atoms with Crippen molar-refractivity contribution in [2.45, 2.75) is 25.3 Å². The van der Waals surface area contributed by atoms with Crippen LogP contribution in [0.2, 0.25) is 6.32 Å². The molecule has 1 saturated heterocycles. The summed E-state index contributed by atoms with van der Waals surface area (Å²) in [5, 5.41) is 18.5. The summed E-state index contributed by atoms with van der Waals surface area (Å²) in [7, 11) is 1.02. The summed E-state index contributed by atoms with van der Waals surface area (Å²) in [5.41, 5.74) is 1.34. The van der Waals surface area contributed by atoms with E-state index in [0.29, 0.717) is 31.4 Å². The summed E-state index contributed by atoms with van der Waals surface area (Å²) in [5.74, 6) is -0.807. The summed E-state index contributed by atoms with van der Waals surface area (Å²) in [6.45, 7) is 0.765. The smallest absolute Gasteiger partial charge is 0.343 e. The molecule has 0 bridgehead atoms. The normalized spacial score (nSPS) is 13.7. The molecule has 0 spiro atoms. The van der Waals surface area contributed by atoms with Gasteiger partial charge in [-0.25, -0.2) is 9.78 Å². The molecular weight excluding hydrogens is 480 g/mol. The Balaban J connectivity index is 1.66. The van der Waals surface area contributed by atoms with Crippen LogP contribution in [-0.2, 0) is 17.6 Å². The van der Waals surface area contributed by atoms with Crippen molar-refractivity contribution in [2.24, 2.45) is 0 Å². The Morgan fingerprint density at radius 1 is 1.39 bits per heavy atom. The number of aromatic carboxylic acids is 1. The molecule has 1 amide bonds. The van der Waals surface area contributed by atoms with E-state index >= 15 is 0 Å². The van der Waals surface area contributed by atoms with Gasteiger partial charge in [-0.15, -0.1) is 0 Å². The monoisotopic (exact) mass is 498 g/mol. The molecule has 0 aliphatic carbocycles. The van der Waals surface area contributed by atoms with Crippen LogP contribution in [0.5, 0.6) is 11.5 Å². The highest BCUT2D eigenvalue weighted by molar-refractivity contribution is 14.1. The van der Waals surface area contributed by atoms with E-state index < -0.39 is 5.97 Å². The first kappa shape index (κ1) is 20.5. The topological polar surface area (TPSA) is 125 Å². The zero-order chi connectivity index (χ0) is 20.1. The molecule has 1 aliphatic rings. The van der Waals surface area contributed by atoms with Gasteiger partial charge in [-0.1, -0.05) is 6.07 Å². The average Bonchev–Trinajstić information content (AvgIpc) is 3.14. The van der Waals surface area contributed by atoms with Gasteiger partial charge in [-0.3, -0.25) is 4.79 Å². The van der Waals surface area contributed by atoms with Crippen LogP contribution in [0.25, 0.3) is 0 Å². The Labute approximate surface area is 176 Å². The van der Waals surface area contributed by atoms with Gasteiger partial charge in [0.1, 0.15) is 17.4 Å². The number of amides is 1. The van der Waals surface area contributed by atoms with Gasteiger partial charge in [-0.05, 0) is 24.4 Å². The number of benzene rings is 1.